The van der Waals surface area contributed by atoms with Crippen LogP contribution in [-0.2, 0) is 6.54 Å². The minimum Gasteiger partial charge on any atom is -0.405 e. The summed E-state index contributed by atoms with van der Waals surface area (Å²) in [5, 5.41) is 3.24. The highest BCUT2D eigenvalue weighted by Crippen LogP contribution is 2.27. The van der Waals surface area contributed by atoms with Gasteiger partial charge in [0, 0.05) is 24.7 Å². The van der Waals surface area contributed by atoms with Crippen molar-refractivity contribution >= 4 is 0 Å². The van der Waals surface area contributed by atoms with Crippen LogP contribution in [0.4, 0.5) is 13.2 Å². The molecule has 0 saturated carbocycles. The fourth-order valence-corrected chi connectivity index (χ4v) is 2.27. The summed E-state index contributed by atoms with van der Waals surface area (Å²) in [7, 11) is 1.92. The van der Waals surface area contributed by atoms with Crippen LogP contribution in [0.15, 0.2) is 24.3 Å². The number of alkyl halides is 3. The first-order chi connectivity index (χ1) is 8.96. The molecule has 6 heteroatoms. The van der Waals surface area contributed by atoms with Gasteiger partial charge in [-0.25, -0.2) is 0 Å². The maximum Gasteiger partial charge on any atom is 0.573 e. The summed E-state index contributed by atoms with van der Waals surface area (Å²) < 4.78 is 41.0. The number of nitrogens with one attached hydrogen (secondary N) is 1. The Kier molecular flexibility index (Phi) is 4.31. The predicted octanol–water partition coefficient (Wildman–Crippen LogP) is 2.38. The van der Waals surface area contributed by atoms with Crippen molar-refractivity contribution < 1.29 is 17.9 Å². The quantitative estimate of drug-likeness (QED) is 0.912. The average molecular weight is 274 g/mol. The van der Waals surface area contributed by atoms with Gasteiger partial charge in [0.1, 0.15) is 5.75 Å². The molecule has 1 aromatic carbocycles. The average Bonchev–Trinajstić information content (AvgIpc) is 2.83. The van der Waals surface area contributed by atoms with Gasteiger partial charge in [-0.3, -0.25) is 4.90 Å². The molecule has 106 valence electrons. The Morgan fingerprint density at radius 2 is 2.11 bits per heavy atom. The molecule has 0 bridgehead atoms. The molecule has 1 N–H and O–H groups in total. The Hall–Kier alpha value is -1.27. The van der Waals surface area contributed by atoms with Gasteiger partial charge < -0.3 is 10.1 Å². The summed E-state index contributed by atoms with van der Waals surface area (Å²) in [6.07, 6.45) is -3.64. The molecule has 0 radical (unpaired) electrons. The maximum atomic E-state index is 12.3. The van der Waals surface area contributed by atoms with E-state index >= 15 is 0 Å². The Labute approximate surface area is 110 Å². The number of rotatable bonds is 4. The summed E-state index contributed by atoms with van der Waals surface area (Å²) in [4.78, 5) is 2.05. The fraction of sp³-hybridized carbons (Fsp3) is 0.538. The summed E-state index contributed by atoms with van der Waals surface area (Å²) >= 11 is 0. The van der Waals surface area contributed by atoms with Crippen molar-refractivity contribution in [3.63, 3.8) is 0 Å². The van der Waals surface area contributed by atoms with E-state index in [1.165, 1.54) is 6.07 Å². The zero-order valence-electron chi connectivity index (χ0n) is 10.7. The van der Waals surface area contributed by atoms with Crippen molar-refractivity contribution in [3.8, 4) is 5.75 Å². The van der Waals surface area contributed by atoms with E-state index in [1.807, 2.05) is 7.05 Å². The van der Waals surface area contributed by atoms with Crippen LogP contribution in [0.2, 0.25) is 0 Å². The van der Waals surface area contributed by atoms with Gasteiger partial charge in [0.05, 0.1) is 0 Å². The molecule has 0 amide bonds. The van der Waals surface area contributed by atoms with Gasteiger partial charge in [-0.1, -0.05) is 18.2 Å². The molecule has 1 unspecified atom stereocenters. The molecular formula is C13H17F3N2O. The highest BCUT2D eigenvalue weighted by atomic mass is 19.4. The summed E-state index contributed by atoms with van der Waals surface area (Å²) in [5.74, 6) is -0.118. The third kappa shape index (κ3) is 4.11. The lowest BCUT2D eigenvalue weighted by Gasteiger charge is -2.24. The van der Waals surface area contributed by atoms with Gasteiger partial charge in [0.15, 0.2) is 0 Å². The highest BCUT2D eigenvalue weighted by Gasteiger charge is 2.32. The van der Waals surface area contributed by atoms with Crippen LogP contribution in [0, 0.1) is 0 Å². The molecule has 2 rings (SSSR count). The minimum absolute atomic E-state index is 0.118. The molecule has 0 aliphatic carbocycles. The van der Waals surface area contributed by atoms with Crippen LogP contribution in [0.3, 0.4) is 0 Å². The Balaban J connectivity index is 2.06. The van der Waals surface area contributed by atoms with E-state index in [-0.39, 0.29) is 5.75 Å². The minimum atomic E-state index is -4.65. The van der Waals surface area contributed by atoms with E-state index in [2.05, 4.69) is 15.0 Å². The van der Waals surface area contributed by atoms with E-state index in [1.54, 1.807) is 18.2 Å². The van der Waals surface area contributed by atoms with Crippen molar-refractivity contribution in [3.05, 3.63) is 29.8 Å². The number of likely N-dealkylation sites (N-methyl/N-ethyl adjacent to an activating group) is 1. The first-order valence-corrected chi connectivity index (χ1v) is 6.20. The number of hydrogen-bond donors (Lipinski definition) is 1. The third-order valence-electron chi connectivity index (χ3n) is 3.28. The SMILES string of the molecule is CN(Cc1ccccc1OC(F)(F)F)C1CCNC1. The summed E-state index contributed by atoms with van der Waals surface area (Å²) in [6, 6.07) is 6.64. The zero-order chi connectivity index (χ0) is 13.9. The smallest absolute Gasteiger partial charge is 0.405 e. The van der Waals surface area contributed by atoms with Crippen molar-refractivity contribution in [2.24, 2.45) is 0 Å². The Bertz CT molecular complexity index is 417. The molecule has 19 heavy (non-hydrogen) atoms. The van der Waals surface area contributed by atoms with Crippen LogP contribution in [0.5, 0.6) is 5.75 Å². The van der Waals surface area contributed by atoms with Gasteiger partial charge in [-0.05, 0) is 26.1 Å². The van der Waals surface area contributed by atoms with E-state index in [4.69, 9.17) is 0 Å². The standard InChI is InChI=1S/C13H17F3N2O/c1-18(11-6-7-17-8-11)9-10-4-2-3-5-12(10)19-13(14,15)16/h2-5,11,17H,6-9H2,1H3. The lowest BCUT2D eigenvalue weighted by atomic mass is 10.1. The van der Waals surface area contributed by atoms with Crippen molar-refractivity contribution in [1.29, 1.82) is 0 Å². The number of ether oxygens (including phenoxy) is 1. The van der Waals surface area contributed by atoms with Gasteiger partial charge in [0.25, 0.3) is 0 Å². The second kappa shape index (κ2) is 5.79. The first kappa shape index (κ1) is 14.1. The molecule has 1 heterocycles. The second-order valence-electron chi connectivity index (χ2n) is 4.72. The molecule has 1 aliphatic rings. The largest absolute Gasteiger partial charge is 0.573 e. The highest BCUT2D eigenvalue weighted by molar-refractivity contribution is 5.33. The van der Waals surface area contributed by atoms with E-state index < -0.39 is 6.36 Å². The van der Waals surface area contributed by atoms with Crippen LogP contribution in [0.1, 0.15) is 12.0 Å². The molecule has 1 saturated heterocycles. The van der Waals surface area contributed by atoms with Gasteiger partial charge in [-0.2, -0.15) is 0 Å². The number of nitrogens with zero attached hydrogens (tertiary/aromatic N) is 1. The molecule has 0 aromatic heterocycles. The van der Waals surface area contributed by atoms with Crippen LogP contribution < -0.4 is 10.1 Å². The lowest BCUT2D eigenvalue weighted by Crippen LogP contribution is -2.33. The number of para-hydroxylation sites is 1. The van der Waals surface area contributed by atoms with Gasteiger partial charge >= 0.3 is 6.36 Å². The van der Waals surface area contributed by atoms with E-state index in [0.29, 0.717) is 18.2 Å². The molecular weight excluding hydrogens is 257 g/mol. The topological polar surface area (TPSA) is 24.5 Å². The second-order valence-corrected chi connectivity index (χ2v) is 4.72. The molecule has 1 fully saturated rings. The number of halogens is 3. The summed E-state index contributed by atoms with van der Waals surface area (Å²) in [6.45, 7) is 2.27. The monoisotopic (exact) mass is 274 g/mol. The third-order valence-corrected chi connectivity index (χ3v) is 3.28. The lowest BCUT2D eigenvalue weighted by molar-refractivity contribution is -0.275. The number of hydrogen-bond acceptors (Lipinski definition) is 3. The predicted molar refractivity (Wildman–Crippen MR) is 65.9 cm³/mol. The zero-order valence-corrected chi connectivity index (χ0v) is 10.7. The fourth-order valence-electron chi connectivity index (χ4n) is 2.27. The molecule has 3 nitrogen and oxygen atoms in total. The van der Waals surface area contributed by atoms with Crippen LogP contribution >= 0.6 is 0 Å². The van der Waals surface area contributed by atoms with Crippen molar-refractivity contribution in [1.82, 2.24) is 10.2 Å². The van der Waals surface area contributed by atoms with Gasteiger partial charge in [-0.15, -0.1) is 13.2 Å². The van der Waals surface area contributed by atoms with E-state index in [0.717, 1.165) is 19.5 Å². The molecule has 1 aromatic rings. The normalized spacial score (nSPS) is 19.9. The van der Waals surface area contributed by atoms with Crippen LogP contribution in [-0.4, -0.2) is 37.4 Å². The van der Waals surface area contributed by atoms with Crippen LogP contribution in [0.25, 0.3) is 0 Å². The molecule has 1 aliphatic heterocycles. The molecule has 1 atom stereocenters. The Morgan fingerprint density at radius 3 is 2.74 bits per heavy atom. The Morgan fingerprint density at radius 1 is 1.37 bits per heavy atom. The first-order valence-electron chi connectivity index (χ1n) is 6.20. The number of benzene rings is 1. The molecule has 0 spiro atoms. The summed E-state index contributed by atoms with van der Waals surface area (Å²) in [5.41, 5.74) is 0.550. The van der Waals surface area contributed by atoms with Crippen molar-refractivity contribution in [2.45, 2.75) is 25.4 Å². The maximum absolute atomic E-state index is 12.3. The van der Waals surface area contributed by atoms with Gasteiger partial charge in [0.2, 0.25) is 0 Å². The van der Waals surface area contributed by atoms with E-state index in [9.17, 15) is 13.2 Å². The van der Waals surface area contributed by atoms with Crippen molar-refractivity contribution in [2.75, 3.05) is 20.1 Å².